The smallest absolute Gasteiger partial charge is 0.175 e. The van der Waals surface area contributed by atoms with Gasteiger partial charge in [0, 0.05) is 47.8 Å². The molecule has 154 valence electrons. The summed E-state index contributed by atoms with van der Waals surface area (Å²) in [5.41, 5.74) is 1.05. The van der Waals surface area contributed by atoms with Crippen molar-refractivity contribution in [1.29, 1.82) is 5.26 Å². The van der Waals surface area contributed by atoms with E-state index in [9.17, 15) is 0 Å². The van der Waals surface area contributed by atoms with Crippen LogP contribution in [0.15, 0.2) is 48.9 Å². The summed E-state index contributed by atoms with van der Waals surface area (Å²) in [6.45, 7) is 2.04. The highest BCUT2D eigenvalue weighted by Crippen LogP contribution is 2.36. The summed E-state index contributed by atoms with van der Waals surface area (Å²) in [6, 6.07) is 13.4. The van der Waals surface area contributed by atoms with Crippen molar-refractivity contribution >= 4 is 39.1 Å². The Kier molecular flexibility index (Phi) is 5.10. The van der Waals surface area contributed by atoms with Crippen LogP contribution in [-0.2, 0) is 0 Å². The van der Waals surface area contributed by atoms with Crippen LogP contribution in [-0.4, -0.2) is 40.6 Å². The molecule has 1 atom stereocenters. The Hall–Kier alpha value is -3.34. The Morgan fingerprint density at radius 1 is 1.19 bits per heavy atom. The zero-order valence-electron chi connectivity index (χ0n) is 16.5. The van der Waals surface area contributed by atoms with Crippen LogP contribution in [0.25, 0.3) is 32.9 Å². The van der Waals surface area contributed by atoms with Crippen molar-refractivity contribution in [3.05, 3.63) is 59.8 Å². The summed E-state index contributed by atoms with van der Waals surface area (Å²) in [4.78, 5) is 15.2. The maximum atomic E-state index is 15.7. The molecule has 0 aliphatic carbocycles. The molecule has 3 heterocycles. The lowest BCUT2D eigenvalue weighted by Crippen LogP contribution is -2.50. The molecule has 8 heteroatoms. The van der Waals surface area contributed by atoms with E-state index in [1.54, 1.807) is 12.3 Å². The summed E-state index contributed by atoms with van der Waals surface area (Å²) < 4.78 is 15.7. The maximum absolute atomic E-state index is 15.7. The molecule has 0 spiro atoms. The third kappa shape index (κ3) is 3.44. The number of aromatic nitrogens is 3. The van der Waals surface area contributed by atoms with E-state index < -0.39 is 5.82 Å². The molecular weight excluding hydrogens is 415 g/mol. The lowest BCUT2D eigenvalue weighted by molar-refractivity contribution is 0.461. The fourth-order valence-corrected chi connectivity index (χ4v) is 4.46. The molecule has 1 fully saturated rings. The van der Waals surface area contributed by atoms with Crippen LogP contribution < -0.4 is 10.2 Å². The SMILES string of the molecule is N#CCC1CN(c2ncnc3c(F)c(-c4cccc5cccc(Cl)c45)ncc23)CCN1. The molecule has 1 N–H and O–H groups in total. The maximum Gasteiger partial charge on any atom is 0.175 e. The van der Waals surface area contributed by atoms with E-state index in [0.29, 0.717) is 41.3 Å². The third-order valence-corrected chi connectivity index (χ3v) is 5.92. The second-order valence-corrected chi connectivity index (χ2v) is 7.89. The Labute approximate surface area is 183 Å². The highest BCUT2D eigenvalue weighted by Gasteiger charge is 2.24. The quantitative estimate of drug-likeness (QED) is 0.519. The lowest BCUT2D eigenvalue weighted by atomic mass is 10.0. The summed E-state index contributed by atoms with van der Waals surface area (Å²) >= 11 is 6.44. The summed E-state index contributed by atoms with van der Waals surface area (Å²) in [5, 5.41) is 15.1. The number of rotatable bonds is 3. The molecule has 0 radical (unpaired) electrons. The van der Waals surface area contributed by atoms with Crippen molar-refractivity contribution in [1.82, 2.24) is 20.3 Å². The molecule has 1 aliphatic heterocycles. The van der Waals surface area contributed by atoms with Gasteiger partial charge in [0.05, 0.1) is 17.9 Å². The minimum atomic E-state index is -0.503. The van der Waals surface area contributed by atoms with Gasteiger partial charge in [-0.15, -0.1) is 0 Å². The van der Waals surface area contributed by atoms with E-state index in [1.165, 1.54) is 6.33 Å². The summed E-state index contributed by atoms with van der Waals surface area (Å²) in [7, 11) is 0. The third-order valence-electron chi connectivity index (χ3n) is 5.60. The number of nitriles is 1. The predicted octanol–water partition coefficient (Wildman–Crippen LogP) is 4.33. The monoisotopic (exact) mass is 432 g/mol. The fraction of sp³-hybridized carbons (Fsp3) is 0.217. The number of nitrogens with one attached hydrogen (secondary N) is 1. The second kappa shape index (κ2) is 8.06. The van der Waals surface area contributed by atoms with E-state index >= 15 is 4.39 Å². The lowest BCUT2D eigenvalue weighted by Gasteiger charge is -2.34. The van der Waals surface area contributed by atoms with Gasteiger partial charge in [-0.05, 0) is 11.5 Å². The normalized spacial score (nSPS) is 16.5. The van der Waals surface area contributed by atoms with E-state index in [-0.39, 0.29) is 17.3 Å². The number of piperazine rings is 1. The van der Waals surface area contributed by atoms with Crippen molar-refractivity contribution in [2.45, 2.75) is 12.5 Å². The first-order valence-electron chi connectivity index (χ1n) is 9.99. The highest BCUT2D eigenvalue weighted by molar-refractivity contribution is 6.36. The minimum absolute atomic E-state index is 0.0404. The van der Waals surface area contributed by atoms with Gasteiger partial charge in [-0.25, -0.2) is 14.4 Å². The van der Waals surface area contributed by atoms with Gasteiger partial charge in [-0.2, -0.15) is 5.26 Å². The fourth-order valence-electron chi connectivity index (χ4n) is 4.18. The van der Waals surface area contributed by atoms with Crippen LogP contribution in [0.2, 0.25) is 5.02 Å². The Morgan fingerprint density at radius 3 is 2.87 bits per heavy atom. The molecule has 2 aromatic heterocycles. The van der Waals surface area contributed by atoms with Crippen LogP contribution in [0, 0.1) is 17.1 Å². The number of fused-ring (bicyclic) bond motifs is 2. The number of pyridine rings is 1. The Morgan fingerprint density at radius 2 is 2.03 bits per heavy atom. The van der Waals surface area contributed by atoms with Gasteiger partial charge in [-0.3, -0.25) is 4.98 Å². The molecule has 1 saturated heterocycles. The number of nitrogens with zero attached hydrogens (tertiary/aromatic N) is 5. The molecule has 1 unspecified atom stereocenters. The van der Waals surface area contributed by atoms with Crippen molar-refractivity contribution < 1.29 is 4.39 Å². The van der Waals surface area contributed by atoms with Gasteiger partial charge in [0.15, 0.2) is 5.82 Å². The van der Waals surface area contributed by atoms with Crippen LogP contribution in [0.4, 0.5) is 10.2 Å². The van der Waals surface area contributed by atoms with Gasteiger partial charge in [0.1, 0.15) is 23.4 Å². The van der Waals surface area contributed by atoms with Crippen molar-refractivity contribution in [3.8, 4) is 17.3 Å². The van der Waals surface area contributed by atoms with Gasteiger partial charge >= 0.3 is 0 Å². The largest absolute Gasteiger partial charge is 0.353 e. The first-order chi connectivity index (χ1) is 15.2. The predicted molar refractivity (Wildman–Crippen MR) is 119 cm³/mol. The zero-order valence-corrected chi connectivity index (χ0v) is 17.3. The standard InChI is InChI=1S/C23H18ClFN6/c24-18-6-2-4-14-3-1-5-16(19(14)18)21-20(25)22-17(11-28-21)23(30-13-29-22)31-10-9-27-15(12-31)7-8-26/h1-6,11,13,15,27H,7,9-10,12H2. The van der Waals surface area contributed by atoms with Crippen LogP contribution >= 0.6 is 11.6 Å². The first kappa shape index (κ1) is 19.6. The molecule has 1 aliphatic rings. The Balaban J connectivity index is 1.64. The van der Waals surface area contributed by atoms with Crippen LogP contribution in [0.5, 0.6) is 0 Å². The minimum Gasteiger partial charge on any atom is -0.353 e. The Bertz CT molecular complexity index is 1330. The average molecular weight is 433 g/mol. The van der Waals surface area contributed by atoms with E-state index in [4.69, 9.17) is 16.9 Å². The van der Waals surface area contributed by atoms with Crippen molar-refractivity contribution in [2.24, 2.45) is 0 Å². The van der Waals surface area contributed by atoms with Gasteiger partial charge in [0.2, 0.25) is 0 Å². The molecular formula is C23H18ClFN6. The first-order valence-corrected chi connectivity index (χ1v) is 10.4. The molecule has 0 amide bonds. The van der Waals surface area contributed by atoms with Crippen molar-refractivity contribution in [3.63, 3.8) is 0 Å². The molecule has 6 nitrogen and oxygen atoms in total. The molecule has 5 rings (SSSR count). The van der Waals surface area contributed by atoms with E-state index in [2.05, 4.69) is 31.2 Å². The van der Waals surface area contributed by atoms with Gasteiger partial charge < -0.3 is 10.2 Å². The van der Waals surface area contributed by atoms with Crippen molar-refractivity contribution in [2.75, 3.05) is 24.5 Å². The van der Waals surface area contributed by atoms with E-state index in [0.717, 1.165) is 17.3 Å². The number of hydrogen-bond acceptors (Lipinski definition) is 6. The summed E-state index contributed by atoms with van der Waals surface area (Å²) in [6.07, 6.45) is 3.40. The molecule has 31 heavy (non-hydrogen) atoms. The van der Waals surface area contributed by atoms with Gasteiger partial charge in [0.25, 0.3) is 0 Å². The average Bonchev–Trinajstić information content (AvgIpc) is 2.79. The number of benzene rings is 2. The summed E-state index contributed by atoms with van der Waals surface area (Å²) in [5.74, 6) is 0.126. The number of halogens is 2. The molecule has 4 aromatic rings. The number of hydrogen-bond donors (Lipinski definition) is 1. The molecule has 2 aromatic carbocycles. The van der Waals surface area contributed by atoms with Crippen LogP contribution in [0.3, 0.4) is 0 Å². The molecule has 0 saturated carbocycles. The molecule has 0 bridgehead atoms. The van der Waals surface area contributed by atoms with E-state index in [1.807, 2.05) is 30.3 Å². The highest BCUT2D eigenvalue weighted by atomic mass is 35.5. The van der Waals surface area contributed by atoms with Gasteiger partial charge in [-0.1, -0.05) is 41.9 Å². The topological polar surface area (TPSA) is 77.7 Å². The van der Waals surface area contributed by atoms with Crippen LogP contribution in [0.1, 0.15) is 6.42 Å². The second-order valence-electron chi connectivity index (χ2n) is 7.48. The zero-order chi connectivity index (χ0) is 21.4. The number of anilines is 1.